The summed E-state index contributed by atoms with van der Waals surface area (Å²) in [7, 11) is 1.66. The fourth-order valence-corrected chi connectivity index (χ4v) is 4.44. The van der Waals surface area contributed by atoms with Crippen LogP contribution >= 0.6 is 0 Å². The lowest BCUT2D eigenvalue weighted by Crippen LogP contribution is -2.54. The molecule has 3 aliphatic rings. The van der Waals surface area contributed by atoms with Gasteiger partial charge in [-0.25, -0.2) is 0 Å². The van der Waals surface area contributed by atoms with Gasteiger partial charge in [-0.2, -0.15) is 0 Å². The first-order valence-corrected chi connectivity index (χ1v) is 8.68. The van der Waals surface area contributed by atoms with Crippen LogP contribution in [0.3, 0.4) is 0 Å². The zero-order chi connectivity index (χ0) is 16.7. The van der Waals surface area contributed by atoms with E-state index >= 15 is 0 Å². The van der Waals surface area contributed by atoms with Crippen molar-refractivity contribution in [3.8, 4) is 5.75 Å². The molecular weight excluding hydrogens is 314 g/mol. The number of pyridine rings is 1. The standard InChI is InChI=1S/C20H24N2O2.H3N/c1-3-13-12-22-9-7-14(13)10-19(22)20(23)16-6-8-21-18-5-4-15(24-2)11-17(16)18;/h3-6,8,11,13-14,19-20,23H,1,7,9-10,12H2,2H3;1H3/t13-,14?,19-,20?;/m1./s1. The van der Waals surface area contributed by atoms with Crippen molar-refractivity contribution in [2.75, 3.05) is 20.2 Å². The maximum atomic E-state index is 11.2. The number of aliphatic hydroxyl groups excluding tert-OH is 1. The van der Waals surface area contributed by atoms with Gasteiger partial charge in [0.15, 0.2) is 0 Å². The van der Waals surface area contributed by atoms with Crippen molar-refractivity contribution in [1.29, 1.82) is 0 Å². The first-order valence-electron chi connectivity index (χ1n) is 8.68. The van der Waals surface area contributed by atoms with Gasteiger partial charge in [0.2, 0.25) is 0 Å². The highest BCUT2D eigenvalue weighted by atomic mass is 16.5. The van der Waals surface area contributed by atoms with Gasteiger partial charge in [0, 0.05) is 24.2 Å². The molecule has 5 heteroatoms. The van der Waals surface area contributed by atoms with Crippen LogP contribution in [0.1, 0.15) is 24.5 Å². The summed E-state index contributed by atoms with van der Waals surface area (Å²) < 4.78 is 5.35. The van der Waals surface area contributed by atoms with Crippen LogP contribution < -0.4 is 10.9 Å². The van der Waals surface area contributed by atoms with Crippen molar-refractivity contribution in [2.24, 2.45) is 11.8 Å². The number of nitrogens with zero attached hydrogens (tertiary/aromatic N) is 2. The molecule has 0 amide bonds. The zero-order valence-electron chi connectivity index (χ0n) is 14.8. The highest BCUT2D eigenvalue weighted by Crippen LogP contribution is 2.42. The minimum Gasteiger partial charge on any atom is -0.497 e. The average molecular weight is 341 g/mol. The first kappa shape index (κ1) is 17.9. The van der Waals surface area contributed by atoms with Crippen LogP contribution in [-0.4, -0.2) is 41.2 Å². The van der Waals surface area contributed by atoms with Crippen LogP contribution in [0.2, 0.25) is 0 Å². The Morgan fingerprint density at radius 2 is 2.24 bits per heavy atom. The summed E-state index contributed by atoms with van der Waals surface area (Å²) in [5.74, 6) is 2.01. The summed E-state index contributed by atoms with van der Waals surface area (Å²) in [5, 5.41) is 12.1. The van der Waals surface area contributed by atoms with E-state index in [-0.39, 0.29) is 12.2 Å². The van der Waals surface area contributed by atoms with Gasteiger partial charge in [0.05, 0.1) is 18.7 Å². The summed E-state index contributed by atoms with van der Waals surface area (Å²) in [6.07, 6.45) is 5.62. The van der Waals surface area contributed by atoms with Gasteiger partial charge in [-0.1, -0.05) is 6.08 Å². The van der Waals surface area contributed by atoms with Crippen molar-refractivity contribution in [1.82, 2.24) is 16.0 Å². The topological polar surface area (TPSA) is 80.6 Å². The molecule has 25 heavy (non-hydrogen) atoms. The summed E-state index contributed by atoms with van der Waals surface area (Å²) >= 11 is 0. The third-order valence-electron chi connectivity index (χ3n) is 5.82. The second-order valence-corrected chi connectivity index (χ2v) is 6.97. The Morgan fingerprint density at radius 1 is 1.40 bits per heavy atom. The molecule has 2 aromatic rings. The third-order valence-corrected chi connectivity index (χ3v) is 5.82. The van der Waals surface area contributed by atoms with Gasteiger partial charge >= 0.3 is 0 Å². The molecule has 134 valence electrons. The van der Waals surface area contributed by atoms with E-state index in [9.17, 15) is 5.11 Å². The molecule has 0 aliphatic carbocycles. The van der Waals surface area contributed by atoms with E-state index in [0.29, 0.717) is 11.8 Å². The quantitative estimate of drug-likeness (QED) is 0.834. The molecule has 5 rings (SSSR count). The van der Waals surface area contributed by atoms with Crippen LogP contribution in [-0.2, 0) is 0 Å². The Balaban J connectivity index is 0.00000182. The monoisotopic (exact) mass is 341 g/mol. The second kappa shape index (κ2) is 7.12. The molecule has 3 saturated heterocycles. The summed E-state index contributed by atoms with van der Waals surface area (Å²) in [6, 6.07) is 7.96. The van der Waals surface area contributed by atoms with Crippen LogP contribution in [0.25, 0.3) is 10.9 Å². The van der Waals surface area contributed by atoms with Crippen LogP contribution in [0, 0.1) is 11.8 Å². The highest BCUT2D eigenvalue weighted by Gasteiger charge is 2.42. The van der Waals surface area contributed by atoms with E-state index < -0.39 is 6.10 Å². The Hall–Kier alpha value is -1.95. The number of methoxy groups -OCH3 is 1. The third kappa shape index (κ3) is 3.03. The summed E-state index contributed by atoms with van der Waals surface area (Å²) in [6.45, 7) is 6.07. The Morgan fingerprint density at radius 3 is 2.92 bits per heavy atom. The number of aromatic nitrogens is 1. The SMILES string of the molecule is C=C[C@@H]1CN2CCC1C[C@@H]2C(O)c1ccnc2ccc(OC)cc12.N. The molecule has 5 nitrogen and oxygen atoms in total. The Kier molecular flexibility index (Phi) is 5.08. The molecule has 1 aromatic carbocycles. The van der Waals surface area contributed by atoms with Gasteiger partial charge in [0.1, 0.15) is 5.75 Å². The minimum absolute atomic E-state index is 0. The van der Waals surface area contributed by atoms with Gasteiger partial charge in [-0.3, -0.25) is 9.88 Å². The Labute approximate surface area is 148 Å². The molecule has 3 unspecified atom stereocenters. The van der Waals surface area contributed by atoms with Gasteiger partial charge in [-0.15, -0.1) is 6.58 Å². The van der Waals surface area contributed by atoms with Gasteiger partial charge in [-0.05, 0) is 61.1 Å². The lowest BCUT2D eigenvalue weighted by Gasteiger charge is -2.50. The molecule has 4 N–H and O–H groups in total. The fraction of sp³-hybridized carbons (Fsp3) is 0.450. The molecule has 0 radical (unpaired) electrons. The fourth-order valence-electron chi connectivity index (χ4n) is 4.44. The van der Waals surface area contributed by atoms with Crippen molar-refractivity contribution in [3.63, 3.8) is 0 Å². The summed E-state index contributed by atoms with van der Waals surface area (Å²) in [4.78, 5) is 6.86. The molecule has 3 aliphatic heterocycles. The molecule has 0 saturated carbocycles. The van der Waals surface area contributed by atoms with Crippen molar-refractivity contribution in [3.05, 3.63) is 48.7 Å². The number of hydrogen-bond acceptors (Lipinski definition) is 5. The molecule has 4 heterocycles. The maximum Gasteiger partial charge on any atom is 0.119 e. The van der Waals surface area contributed by atoms with E-state index in [1.54, 1.807) is 13.3 Å². The van der Waals surface area contributed by atoms with Crippen LogP contribution in [0.4, 0.5) is 0 Å². The molecule has 2 bridgehead atoms. The summed E-state index contributed by atoms with van der Waals surface area (Å²) in [5.41, 5.74) is 1.85. The smallest absolute Gasteiger partial charge is 0.119 e. The van der Waals surface area contributed by atoms with Crippen molar-refractivity contribution >= 4 is 10.9 Å². The van der Waals surface area contributed by atoms with Crippen LogP contribution in [0.15, 0.2) is 43.1 Å². The molecule has 1 aromatic heterocycles. The predicted molar refractivity (Wildman–Crippen MR) is 100 cm³/mol. The van der Waals surface area contributed by atoms with Gasteiger partial charge < -0.3 is 16.0 Å². The van der Waals surface area contributed by atoms with E-state index in [1.807, 2.05) is 24.3 Å². The van der Waals surface area contributed by atoms with E-state index in [4.69, 9.17) is 4.74 Å². The molecule has 0 spiro atoms. The van der Waals surface area contributed by atoms with E-state index in [0.717, 1.165) is 41.7 Å². The lowest BCUT2D eigenvalue weighted by molar-refractivity contribution is -0.0444. The minimum atomic E-state index is -0.504. The lowest BCUT2D eigenvalue weighted by atomic mass is 9.73. The number of aliphatic hydroxyl groups is 1. The van der Waals surface area contributed by atoms with Crippen molar-refractivity contribution in [2.45, 2.75) is 25.0 Å². The number of piperidine rings is 3. The number of fused-ring (bicyclic) bond motifs is 4. The Bertz CT molecular complexity index is 764. The highest BCUT2D eigenvalue weighted by molar-refractivity contribution is 5.83. The van der Waals surface area contributed by atoms with Crippen molar-refractivity contribution < 1.29 is 9.84 Å². The average Bonchev–Trinajstić information content (AvgIpc) is 2.66. The number of rotatable bonds is 4. The molecule has 3 fully saturated rings. The normalized spacial score (nSPS) is 29.0. The zero-order valence-corrected chi connectivity index (χ0v) is 14.8. The largest absolute Gasteiger partial charge is 0.497 e. The van der Waals surface area contributed by atoms with E-state index in [2.05, 4.69) is 22.5 Å². The maximum absolute atomic E-state index is 11.2. The van der Waals surface area contributed by atoms with Crippen LogP contribution in [0.5, 0.6) is 5.75 Å². The number of benzene rings is 1. The molecular formula is C20H27N3O2. The predicted octanol–water partition coefficient (Wildman–Crippen LogP) is 3.34. The molecule has 5 atom stereocenters. The second-order valence-electron chi connectivity index (χ2n) is 6.97. The number of ether oxygens (including phenoxy) is 1. The van der Waals surface area contributed by atoms with E-state index in [1.165, 1.54) is 6.42 Å². The number of hydrogen-bond donors (Lipinski definition) is 2. The van der Waals surface area contributed by atoms with Gasteiger partial charge in [0.25, 0.3) is 0 Å². The first-order chi connectivity index (χ1) is 11.7.